The molecule has 1 aliphatic rings. The topological polar surface area (TPSA) is 157 Å². The molecule has 0 atom stereocenters. The summed E-state index contributed by atoms with van der Waals surface area (Å²) in [5.41, 5.74) is 2.81. The number of unbranched alkanes of at least 4 members (excludes halogenated alkanes) is 2. The molecule has 0 saturated carbocycles. The number of piperazine rings is 1. The van der Waals surface area contributed by atoms with Crippen LogP contribution < -0.4 is 10.6 Å². The Morgan fingerprint density at radius 1 is 0.959 bits per heavy atom. The van der Waals surface area contributed by atoms with Gasteiger partial charge in [-0.2, -0.15) is 0 Å². The molecule has 3 aromatic rings. The van der Waals surface area contributed by atoms with Crippen LogP contribution in [-0.2, 0) is 16.1 Å². The lowest BCUT2D eigenvalue weighted by Crippen LogP contribution is -2.48. The molecular formula is C37H51N5O7. The Labute approximate surface area is 288 Å². The maximum absolute atomic E-state index is 13.0. The zero-order chi connectivity index (χ0) is 35.7. The molecule has 12 heteroatoms. The molecule has 1 saturated heterocycles. The molecule has 1 aliphatic heterocycles. The monoisotopic (exact) mass is 677 g/mol. The Bertz CT molecular complexity index is 1590. The van der Waals surface area contributed by atoms with E-state index in [0.29, 0.717) is 61.4 Å². The van der Waals surface area contributed by atoms with Gasteiger partial charge in [-0.1, -0.05) is 49.7 Å². The fourth-order valence-electron chi connectivity index (χ4n) is 5.81. The van der Waals surface area contributed by atoms with Gasteiger partial charge >= 0.3 is 6.09 Å². The van der Waals surface area contributed by atoms with Crippen LogP contribution in [0.25, 0.3) is 22.5 Å². The van der Waals surface area contributed by atoms with Crippen molar-refractivity contribution in [2.24, 2.45) is 0 Å². The van der Waals surface area contributed by atoms with E-state index < -0.39 is 11.7 Å². The summed E-state index contributed by atoms with van der Waals surface area (Å²) in [7, 11) is 0. The van der Waals surface area contributed by atoms with Crippen LogP contribution >= 0.6 is 0 Å². The Morgan fingerprint density at radius 2 is 1.65 bits per heavy atom. The molecule has 1 aromatic heterocycles. The highest BCUT2D eigenvalue weighted by atomic mass is 16.6. The molecule has 0 aliphatic carbocycles. The molecule has 4 N–H and O–H groups in total. The third kappa shape index (κ3) is 10.2. The van der Waals surface area contributed by atoms with Crippen molar-refractivity contribution in [2.75, 3.05) is 39.3 Å². The van der Waals surface area contributed by atoms with Crippen LogP contribution in [0.15, 0.2) is 40.9 Å². The van der Waals surface area contributed by atoms with E-state index >= 15 is 0 Å². The Balaban J connectivity index is 1.33. The lowest BCUT2D eigenvalue weighted by Gasteiger charge is -2.35. The second-order valence-corrected chi connectivity index (χ2v) is 13.8. The van der Waals surface area contributed by atoms with E-state index in [0.717, 1.165) is 37.9 Å². The number of nitrogens with one attached hydrogen (secondary N) is 2. The SMILES string of the molecule is CCNC(=O)c1noc(-c2cc(C(C)C)c(O)cc2O)c1-c1ccc(CN2CCN(C(=O)CCCCCNC(=O)OC(C)(C)C)CC2)cc1. The van der Waals surface area contributed by atoms with Gasteiger partial charge in [-0.15, -0.1) is 0 Å². The van der Waals surface area contributed by atoms with E-state index in [4.69, 9.17) is 9.26 Å². The number of ether oxygens (including phenoxy) is 1. The van der Waals surface area contributed by atoms with Gasteiger partial charge in [0.05, 0.1) is 11.1 Å². The zero-order valence-corrected chi connectivity index (χ0v) is 29.6. The molecule has 4 rings (SSSR count). The molecule has 266 valence electrons. The number of phenols is 2. The molecule has 2 heterocycles. The minimum absolute atomic E-state index is 0.0147. The second kappa shape index (κ2) is 16.7. The Kier molecular flexibility index (Phi) is 12.7. The third-order valence-corrected chi connectivity index (χ3v) is 8.37. The molecule has 1 fully saturated rings. The predicted molar refractivity (Wildman–Crippen MR) is 187 cm³/mol. The van der Waals surface area contributed by atoms with Gasteiger partial charge in [0, 0.05) is 58.3 Å². The Hall–Kier alpha value is -4.58. The minimum atomic E-state index is -0.520. The number of aromatic nitrogens is 1. The van der Waals surface area contributed by atoms with Crippen LogP contribution in [0.4, 0.5) is 4.79 Å². The fraction of sp³-hybridized carbons (Fsp3) is 0.514. The van der Waals surface area contributed by atoms with E-state index in [2.05, 4.69) is 20.7 Å². The maximum Gasteiger partial charge on any atom is 0.407 e. The predicted octanol–water partition coefficient (Wildman–Crippen LogP) is 6.02. The number of hydrogen-bond acceptors (Lipinski definition) is 9. The third-order valence-electron chi connectivity index (χ3n) is 8.37. The van der Waals surface area contributed by atoms with Gasteiger partial charge in [-0.05, 0) is 69.2 Å². The van der Waals surface area contributed by atoms with Gasteiger partial charge in [-0.25, -0.2) is 4.79 Å². The summed E-state index contributed by atoms with van der Waals surface area (Å²) in [6.45, 7) is 15.7. The van der Waals surface area contributed by atoms with Crippen molar-refractivity contribution in [1.29, 1.82) is 0 Å². The zero-order valence-electron chi connectivity index (χ0n) is 29.6. The van der Waals surface area contributed by atoms with E-state index in [1.54, 1.807) is 6.07 Å². The van der Waals surface area contributed by atoms with Gasteiger partial charge in [0.2, 0.25) is 5.91 Å². The van der Waals surface area contributed by atoms with Gasteiger partial charge in [-0.3, -0.25) is 14.5 Å². The minimum Gasteiger partial charge on any atom is -0.508 e. The number of phenolic OH excluding ortho intramolecular Hbond substituents is 2. The molecule has 0 radical (unpaired) electrons. The smallest absolute Gasteiger partial charge is 0.407 e. The molecule has 12 nitrogen and oxygen atoms in total. The van der Waals surface area contributed by atoms with Gasteiger partial charge in [0.15, 0.2) is 11.5 Å². The largest absolute Gasteiger partial charge is 0.508 e. The van der Waals surface area contributed by atoms with Crippen molar-refractivity contribution >= 4 is 17.9 Å². The number of aromatic hydroxyl groups is 2. The summed E-state index contributed by atoms with van der Waals surface area (Å²) in [6.07, 6.45) is 2.51. The van der Waals surface area contributed by atoms with Gasteiger partial charge in [0.1, 0.15) is 17.1 Å². The number of amides is 3. The molecule has 3 amide bonds. The first-order chi connectivity index (χ1) is 23.3. The quantitative estimate of drug-likeness (QED) is 0.159. The molecular weight excluding hydrogens is 626 g/mol. The van der Waals surface area contributed by atoms with Crippen LogP contribution in [0, 0.1) is 0 Å². The second-order valence-electron chi connectivity index (χ2n) is 13.8. The van der Waals surface area contributed by atoms with Gasteiger partial charge < -0.3 is 35.0 Å². The van der Waals surface area contributed by atoms with Gasteiger partial charge in [0.25, 0.3) is 5.91 Å². The summed E-state index contributed by atoms with van der Waals surface area (Å²) in [5.74, 6) is -0.190. The number of nitrogens with zero attached hydrogens (tertiary/aromatic N) is 3. The fourth-order valence-corrected chi connectivity index (χ4v) is 5.81. The molecule has 2 aromatic carbocycles. The molecule has 0 bridgehead atoms. The summed E-state index contributed by atoms with van der Waals surface area (Å²) in [4.78, 5) is 41.8. The van der Waals surface area contributed by atoms with Crippen molar-refractivity contribution in [1.82, 2.24) is 25.6 Å². The van der Waals surface area contributed by atoms with Crippen LogP contribution in [0.2, 0.25) is 0 Å². The van der Waals surface area contributed by atoms with Crippen molar-refractivity contribution in [3.63, 3.8) is 0 Å². The van der Waals surface area contributed by atoms with Crippen LogP contribution in [0.3, 0.4) is 0 Å². The van der Waals surface area contributed by atoms with Crippen molar-refractivity contribution in [3.8, 4) is 33.9 Å². The highest BCUT2D eigenvalue weighted by molar-refractivity contribution is 6.02. The standard InChI is InChI=1S/C37H51N5O7/c1-7-38-35(46)33-32(34(49-40-33)28-21-27(24(2)3)29(43)22-30(28)44)26-14-12-25(13-15-26)23-41-17-19-42(20-18-41)31(45)11-9-8-10-16-39-36(47)48-37(4,5)6/h12-15,21-22,24,43-44H,7-11,16-20,23H2,1-6H3,(H,38,46)(H,39,47). The number of carbonyl (C=O) groups excluding carboxylic acids is 3. The van der Waals surface area contributed by atoms with Crippen molar-refractivity contribution in [2.45, 2.75) is 85.3 Å². The number of hydrogen-bond donors (Lipinski definition) is 4. The first-order valence-corrected chi connectivity index (χ1v) is 17.2. The average molecular weight is 678 g/mol. The average Bonchev–Trinajstić information content (AvgIpc) is 3.47. The first-order valence-electron chi connectivity index (χ1n) is 17.2. The Morgan fingerprint density at radius 3 is 2.29 bits per heavy atom. The summed E-state index contributed by atoms with van der Waals surface area (Å²) in [5, 5.41) is 30.8. The number of benzene rings is 2. The summed E-state index contributed by atoms with van der Waals surface area (Å²) in [6, 6.07) is 10.8. The van der Waals surface area contributed by atoms with Crippen molar-refractivity contribution < 1.29 is 33.9 Å². The number of carbonyl (C=O) groups is 3. The van der Waals surface area contributed by atoms with E-state index in [9.17, 15) is 24.6 Å². The first kappa shape index (κ1) is 37.2. The number of rotatable bonds is 13. The lowest BCUT2D eigenvalue weighted by atomic mass is 9.94. The highest BCUT2D eigenvalue weighted by Gasteiger charge is 2.27. The van der Waals surface area contributed by atoms with Crippen LogP contribution in [0.5, 0.6) is 11.5 Å². The van der Waals surface area contributed by atoms with Crippen LogP contribution in [0.1, 0.15) is 94.8 Å². The van der Waals surface area contributed by atoms with E-state index in [1.807, 2.05) is 70.7 Å². The van der Waals surface area contributed by atoms with E-state index in [-0.39, 0.29) is 40.7 Å². The maximum atomic E-state index is 13.0. The number of alkyl carbamates (subject to hydrolysis) is 1. The van der Waals surface area contributed by atoms with Crippen LogP contribution in [-0.4, -0.2) is 87.9 Å². The normalized spacial score (nSPS) is 13.8. The van der Waals surface area contributed by atoms with Crippen molar-refractivity contribution in [3.05, 3.63) is 53.2 Å². The molecule has 49 heavy (non-hydrogen) atoms. The summed E-state index contributed by atoms with van der Waals surface area (Å²) >= 11 is 0. The molecule has 0 unspecified atom stereocenters. The molecule has 0 spiro atoms. The highest BCUT2D eigenvalue weighted by Crippen LogP contribution is 2.43. The lowest BCUT2D eigenvalue weighted by molar-refractivity contribution is -0.133. The van der Waals surface area contributed by atoms with E-state index in [1.165, 1.54) is 6.07 Å². The summed E-state index contributed by atoms with van der Waals surface area (Å²) < 4.78 is 10.9.